The summed E-state index contributed by atoms with van der Waals surface area (Å²) in [5.41, 5.74) is 2.25. The lowest BCUT2D eigenvalue weighted by Crippen LogP contribution is -2.41. The van der Waals surface area contributed by atoms with Gasteiger partial charge in [0.25, 0.3) is 0 Å². The third-order valence-corrected chi connectivity index (χ3v) is 7.60. The molecule has 2 saturated heterocycles. The molecule has 3 aliphatic heterocycles. The van der Waals surface area contributed by atoms with E-state index in [0.717, 1.165) is 36.9 Å². The molecular formula is C25H35N3O2. The van der Waals surface area contributed by atoms with Crippen LogP contribution in [0.25, 0.3) is 0 Å². The smallest absolute Gasteiger partial charge is 0.410 e. The highest BCUT2D eigenvalue weighted by Crippen LogP contribution is 2.50. The van der Waals surface area contributed by atoms with Crippen molar-refractivity contribution in [1.29, 1.82) is 0 Å². The maximum atomic E-state index is 12.2. The van der Waals surface area contributed by atoms with Gasteiger partial charge in [-0.2, -0.15) is 0 Å². The second-order valence-electron chi connectivity index (χ2n) is 9.88. The van der Waals surface area contributed by atoms with E-state index in [1.54, 1.807) is 0 Å². The average molecular weight is 410 g/mol. The molecule has 2 aliphatic carbocycles. The number of nitrogens with zero attached hydrogens (tertiary/aromatic N) is 2. The second kappa shape index (κ2) is 8.60. The Bertz CT molecular complexity index is 807. The van der Waals surface area contributed by atoms with E-state index in [-0.39, 0.29) is 6.09 Å². The largest absolute Gasteiger partial charge is 0.412 e. The molecule has 4 bridgehead atoms. The van der Waals surface area contributed by atoms with Crippen LogP contribution in [0.1, 0.15) is 76.7 Å². The fourth-order valence-electron chi connectivity index (χ4n) is 6.30. The van der Waals surface area contributed by atoms with Crippen molar-refractivity contribution in [2.75, 3.05) is 6.54 Å². The number of benzene rings is 1. The van der Waals surface area contributed by atoms with Crippen LogP contribution in [0.3, 0.4) is 0 Å². The van der Waals surface area contributed by atoms with E-state index in [1.807, 2.05) is 18.2 Å². The summed E-state index contributed by atoms with van der Waals surface area (Å²) in [5, 5.41) is 2.88. The van der Waals surface area contributed by atoms with Gasteiger partial charge in [0.1, 0.15) is 11.6 Å². The van der Waals surface area contributed by atoms with Crippen molar-refractivity contribution in [2.45, 2.75) is 83.7 Å². The van der Waals surface area contributed by atoms with Crippen molar-refractivity contribution in [3.8, 4) is 5.75 Å². The molecular weight excluding hydrogens is 374 g/mol. The Morgan fingerprint density at radius 3 is 2.70 bits per heavy atom. The third-order valence-electron chi connectivity index (χ3n) is 7.60. The van der Waals surface area contributed by atoms with Crippen LogP contribution in [-0.4, -0.2) is 29.4 Å². The molecule has 5 nitrogen and oxygen atoms in total. The number of amides is 1. The minimum absolute atomic E-state index is 0.351. The number of carbonyl (C=O) groups is 1. The number of amidine groups is 1. The first kappa shape index (κ1) is 19.9. The number of fused-ring (bicyclic) bond motifs is 1. The van der Waals surface area contributed by atoms with Crippen molar-refractivity contribution < 1.29 is 9.53 Å². The van der Waals surface area contributed by atoms with Gasteiger partial charge in [-0.3, -0.25) is 0 Å². The normalized spacial score (nSPS) is 28.4. The molecule has 1 aromatic rings. The zero-order valence-electron chi connectivity index (χ0n) is 18.2. The van der Waals surface area contributed by atoms with Gasteiger partial charge >= 0.3 is 6.09 Å². The first-order chi connectivity index (χ1) is 14.7. The van der Waals surface area contributed by atoms with Gasteiger partial charge in [0.05, 0.1) is 5.69 Å². The molecule has 0 spiro atoms. The zero-order chi connectivity index (χ0) is 20.5. The molecule has 162 valence electrons. The summed E-state index contributed by atoms with van der Waals surface area (Å²) in [5.74, 6) is 4.40. The van der Waals surface area contributed by atoms with E-state index in [9.17, 15) is 4.79 Å². The van der Waals surface area contributed by atoms with Crippen LogP contribution in [0.15, 0.2) is 23.2 Å². The Labute approximate surface area is 180 Å². The van der Waals surface area contributed by atoms with E-state index >= 15 is 0 Å². The molecule has 0 unspecified atom stereocenters. The molecule has 1 amide bonds. The van der Waals surface area contributed by atoms with Crippen LogP contribution in [0.5, 0.6) is 5.75 Å². The lowest BCUT2D eigenvalue weighted by atomic mass is 9.68. The number of hydrogen-bond donors (Lipinski definition) is 1. The molecule has 2 atom stereocenters. The highest BCUT2D eigenvalue weighted by Gasteiger charge is 2.46. The first-order valence-corrected chi connectivity index (χ1v) is 12.1. The van der Waals surface area contributed by atoms with Gasteiger partial charge in [0, 0.05) is 30.6 Å². The summed E-state index contributed by atoms with van der Waals surface area (Å²) in [4.78, 5) is 19.9. The molecule has 1 N–H and O–H groups in total. The Morgan fingerprint density at radius 2 is 1.90 bits per heavy atom. The molecule has 4 fully saturated rings. The first-order valence-electron chi connectivity index (χ1n) is 12.1. The Morgan fingerprint density at radius 1 is 1.10 bits per heavy atom. The lowest BCUT2D eigenvalue weighted by Gasteiger charge is -2.39. The molecule has 2 saturated carbocycles. The highest BCUT2D eigenvalue weighted by molar-refractivity contribution is 5.90. The van der Waals surface area contributed by atoms with Crippen LogP contribution in [-0.2, 0) is 6.54 Å². The third kappa shape index (κ3) is 4.08. The van der Waals surface area contributed by atoms with Crippen LogP contribution in [0.2, 0.25) is 0 Å². The number of nitrogens with one attached hydrogen (secondary N) is 1. The summed E-state index contributed by atoms with van der Waals surface area (Å²) in [6, 6.07) is 6.59. The minimum atomic E-state index is -0.351. The Hall–Kier alpha value is -2.04. The van der Waals surface area contributed by atoms with Crippen molar-refractivity contribution >= 4 is 17.6 Å². The van der Waals surface area contributed by atoms with Gasteiger partial charge in [-0.05, 0) is 68.6 Å². The molecule has 0 radical (unpaired) electrons. The van der Waals surface area contributed by atoms with Gasteiger partial charge in [-0.15, -0.1) is 0 Å². The SMILES string of the molecule is CCCCCCCNC(=O)Oc1ccc2c(c1)CN1C(=N2)C2C[C@H]3CC1C[C@H](C2)C3. The Kier molecular flexibility index (Phi) is 5.70. The summed E-state index contributed by atoms with van der Waals surface area (Å²) in [6.45, 7) is 3.80. The average Bonchev–Trinajstić information content (AvgIpc) is 2.89. The van der Waals surface area contributed by atoms with E-state index in [0.29, 0.717) is 24.3 Å². The van der Waals surface area contributed by atoms with E-state index in [1.165, 1.54) is 62.8 Å². The number of carbonyl (C=O) groups excluding carboxylic acids is 1. The molecule has 0 aromatic heterocycles. The predicted octanol–water partition coefficient (Wildman–Crippen LogP) is 5.80. The van der Waals surface area contributed by atoms with Crippen molar-refractivity contribution in [1.82, 2.24) is 10.2 Å². The van der Waals surface area contributed by atoms with Gasteiger partial charge in [0.2, 0.25) is 0 Å². The van der Waals surface area contributed by atoms with Crippen molar-refractivity contribution in [3.05, 3.63) is 23.8 Å². The number of hydrogen-bond acceptors (Lipinski definition) is 4. The van der Waals surface area contributed by atoms with E-state index in [4.69, 9.17) is 9.73 Å². The maximum Gasteiger partial charge on any atom is 0.412 e. The van der Waals surface area contributed by atoms with Gasteiger partial charge < -0.3 is 15.0 Å². The van der Waals surface area contributed by atoms with Crippen LogP contribution in [0, 0.1) is 17.8 Å². The van der Waals surface area contributed by atoms with Crippen LogP contribution >= 0.6 is 0 Å². The number of unbranched alkanes of at least 4 members (excludes halogenated alkanes) is 4. The summed E-state index contributed by atoms with van der Waals surface area (Å²) in [7, 11) is 0. The highest BCUT2D eigenvalue weighted by atomic mass is 16.6. The molecule has 5 heteroatoms. The second-order valence-corrected chi connectivity index (χ2v) is 9.88. The summed E-state index contributed by atoms with van der Waals surface area (Å²) >= 11 is 0. The molecule has 6 rings (SSSR count). The maximum absolute atomic E-state index is 12.2. The van der Waals surface area contributed by atoms with Gasteiger partial charge in [0.15, 0.2) is 0 Å². The number of ether oxygens (including phenoxy) is 1. The summed E-state index contributed by atoms with van der Waals surface area (Å²) in [6.07, 6.45) is 12.3. The fraction of sp³-hybridized carbons (Fsp3) is 0.680. The lowest BCUT2D eigenvalue weighted by molar-refractivity contribution is 0.128. The quantitative estimate of drug-likeness (QED) is 0.579. The topological polar surface area (TPSA) is 53.9 Å². The number of aliphatic imine (C=N–C) groups is 1. The van der Waals surface area contributed by atoms with Crippen molar-refractivity contribution in [2.24, 2.45) is 22.7 Å². The number of rotatable bonds is 7. The standard InChI is InChI=1S/C25H35N3O2/c1-2-3-4-5-6-9-26-25(29)30-22-7-8-23-20(15-22)16-28-21-13-17-10-18(14-21)12-19(11-17)24(28)27-23/h7-8,15,17-19,21H,2-6,9-14,16H2,1H3,(H,26,29)/t17-,18-,19?,21?/m0/s1. The zero-order valence-corrected chi connectivity index (χ0v) is 18.2. The molecule has 5 aliphatic rings. The Balaban J connectivity index is 1.22. The van der Waals surface area contributed by atoms with Crippen molar-refractivity contribution in [3.63, 3.8) is 0 Å². The van der Waals surface area contributed by atoms with Crippen LogP contribution < -0.4 is 10.1 Å². The van der Waals surface area contributed by atoms with E-state index < -0.39 is 0 Å². The van der Waals surface area contributed by atoms with E-state index in [2.05, 4.69) is 17.1 Å². The molecule has 30 heavy (non-hydrogen) atoms. The monoisotopic (exact) mass is 409 g/mol. The fourth-order valence-corrected chi connectivity index (χ4v) is 6.30. The summed E-state index contributed by atoms with van der Waals surface area (Å²) < 4.78 is 5.56. The minimum Gasteiger partial charge on any atom is -0.410 e. The van der Waals surface area contributed by atoms with Gasteiger partial charge in [-0.1, -0.05) is 32.6 Å². The predicted molar refractivity (Wildman–Crippen MR) is 119 cm³/mol. The van der Waals surface area contributed by atoms with Gasteiger partial charge in [-0.25, -0.2) is 9.79 Å². The molecule has 3 heterocycles. The molecule has 1 aromatic carbocycles. The van der Waals surface area contributed by atoms with Crippen LogP contribution in [0.4, 0.5) is 10.5 Å².